The van der Waals surface area contributed by atoms with Crippen LogP contribution in [-0.4, -0.2) is 33.4 Å². The van der Waals surface area contributed by atoms with Gasteiger partial charge in [-0.05, 0) is 48.4 Å². The van der Waals surface area contributed by atoms with Crippen molar-refractivity contribution < 1.29 is 9.47 Å². The van der Waals surface area contributed by atoms with Gasteiger partial charge in [0.1, 0.15) is 5.75 Å². The van der Waals surface area contributed by atoms with E-state index < -0.39 is 0 Å². The lowest BCUT2D eigenvalue weighted by atomic mass is 10.1. The molecule has 2 aromatic rings. The highest BCUT2D eigenvalue weighted by atomic mass is 16.5. The highest BCUT2D eigenvalue weighted by Gasteiger charge is 2.13. The number of nitrogens with one attached hydrogen (secondary N) is 1. The highest BCUT2D eigenvalue weighted by molar-refractivity contribution is 5.61. The molecule has 1 aliphatic heterocycles. The number of morpholine rings is 1. The molecule has 0 saturated carbocycles. The number of anilines is 2. The molecule has 1 N–H and O–H groups in total. The molecule has 0 spiro atoms. The van der Waals surface area contributed by atoms with Gasteiger partial charge in [-0.25, -0.2) is 0 Å². The minimum atomic E-state index is 0.806. The Morgan fingerprint density at radius 1 is 1.09 bits per heavy atom. The summed E-state index contributed by atoms with van der Waals surface area (Å²) < 4.78 is 10.6. The van der Waals surface area contributed by atoms with Crippen molar-refractivity contribution >= 4 is 11.4 Å². The van der Waals surface area contributed by atoms with E-state index >= 15 is 0 Å². The van der Waals surface area contributed by atoms with Crippen molar-refractivity contribution in [2.24, 2.45) is 0 Å². The zero-order valence-electron chi connectivity index (χ0n) is 13.8. The maximum atomic E-state index is 5.43. The van der Waals surface area contributed by atoms with Crippen molar-refractivity contribution in [3.63, 3.8) is 0 Å². The number of benzene rings is 2. The number of nitrogens with zero attached hydrogens (tertiary/aromatic N) is 1. The van der Waals surface area contributed by atoms with Crippen molar-refractivity contribution in [2.75, 3.05) is 43.6 Å². The fourth-order valence-corrected chi connectivity index (χ4v) is 2.87. The predicted octanol–water partition coefficient (Wildman–Crippen LogP) is 3.45. The first-order valence-electron chi connectivity index (χ1n) is 8.06. The number of methoxy groups -OCH3 is 1. The van der Waals surface area contributed by atoms with Crippen molar-refractivity contribution in [3.05, 3.63) is 53.6 Å². The molecule has 0 aliphatic carbocycles. The largest absolute Gasteiger partial charge is 0.497 e. The van der Waals surface area contributed by atoms with E-state index in [1.54, 1.807) is 7.11 Å². The second-order valence-corrected chi connectivity index (χ2v) is 5.80. The highest BCUT2D eigenvalue weighted by Crippen LogP contribution is 2.25. The first-order valence-corrected chi connectivity index (χ1v) is 8.06. The summed E-state index contributed by atoms with van der Waals surface area (Å²) in [6.07, 6.45) is 0. The van der Waals surface area contributed by atoms with Crippen LogP contribution in [0.2, 0.25) is 0 Å². The molecule has 0 atom stereocenters. The second kappa shape index (κ2) is 7.38. The lowest BCUT2D eigenvalue weighted by Gasteiger charge is -2.30. The fraction of sp³-hybridized carbons (Fsp3) is 0.368. The van der Waals surface area contributed by atoms with Gasteiger partial charge in [0.05, 0.1) is 20.3 Å². The summed E-state index contributed by atoms with van der Waals surface area (Å²) in [6.45, 7) is 6.55. The maximum absolute atomic E-state index is 5.43. The van der Waals surface area contributed by atoms with Crippen LogP contribution in [0.5, 0.6) is 5.75 Å². The molecule has 0 unspecified atom stereocenters. The minimum absolute atomic E-state index is 0.806. The Labute approximate surface area is 138 Å². The molecular formula is C19H24N2O2. The molecule has 0 radical (unpaired) electrons. The molecule has 2 aromatic carbocycles. The van der Waals surface area contributed by atoms with Crippen LogP contribution in [0.1, 0.15) is 11.1 Å². The number of ether oxygens (including phenoxy) is 2. The first kappa shape index (κ1) is 15.7. The average Bonchev–Trinajstić information content (AvgIpc) is 2.61. The van der Waals surface area contributed by atoms with Gasteiger partial charge in [0.2, 0.25) is 0 Å². The summed E-state index contributed by atoms with van der Waals surface area (Å²) in [5.74, 6) is 0.888. The summed E-state index contributed by atoms with van der Waals surface area (Å²) >= 11 is 0. The Morgan fingerprint density at radius 2 is 1.83 bits per heavy atom. The van der Waals surface area contributed by atoms with Gasteiger partial charge in [-0.3, -0.25) is 0 Å². The first-order chi connectivity index (χ1) is 11.3. The molecule has 1 saturated heterocycles. The van der Waals surface area contributed by atoms with Crippen molar-refractivity contribution in [3.8, 4) is 5.75 Å². The normalized spacial score (nSPS) is 14.6. The number of hydrogen-bond acceptors (Lipinski definition) is 4. The van der Waals surface area contributed by atoms with Gasteiger partial charge in [-0.1, -0.05) is 12.1 Å². The van der Waals surface area contributed by atoms with Crippen LogP contribution in [-0.2, 0) is 11.3 Å². The van der Waals surface area contributed by atoms with Gasteiger partial charge in [0.15, 0.2) is 0 Å². The lowest BCUT2D eigenvalue weighted by Crippen LogP contribution is -2.36. The van der Waals surface area contributed by atoms with Gasteiger partial charge in [0, 0.05) is 31.0 Å². The third-order valence-corrected chi connectivity index (χ3v) is 4.20. The number of rotatable bonds is 5. The second-order valence-electron chi connectivity index (χ2n) is 5.80. The summed E-state index contributed by atoms with van der Waals surface area (Å²) in [6, 6.07) is 14.7. The van der Waals surface area contributed by atoms with Crippen molar-refractivity contribution in [2.45, 2.75) is 13.5 Å². The molecule has 4 nitrogen and oxygen atoms in total. The number of aryl methyl sites for hydroxylation is 1. The van der Waals surface area contributed by atoms with Crippen LogP contribution in [0.3, 0.4) is 0 Å². The summed E-state index contributed by atoms with van der Waals surface area (Å²) in [5.41, 5.74) is 4.99. The molecule has 3 rings (SSSR count). The Kier molecular flexibility index (Phi) is 5.03. The quantitative estimate of drug-likeness (QED) is 0.917. The Morgan fingerprint density at radius 3 is 2.48 bits per heavy atom. The Balaban J connectivity index is 1.62. The van der Waals surface area contributed by atoms with E-state index in [0.717, 1.165) is 44.3 Å². The molecule has 0 bridgehead atoms. The van der Waals surface area contributed by atoms with Gasteiger partial charge >= 0.3 is 0 Å². The molecular weight excluding hydrogens is 288 g/mol. The van der Waals surface area contributed by atoms with Crippen molar-refractivity contribution in [1.82, 2.24) is 0 Å². The zero-order chi connectivity index (χ0) is 16.1. The molecule has 1 aliphatic rings. The van der Waals surface area contributed by atoms with Crippen LogP contribution in [0.15, 0.2) is 42.5 Å². The summed E-state index contributed by atoms with van der Waals surface area (Å²) in [4.78, 5) is 2.39. The predicted molar refractivity (Wildman–Crippen MR) is 94.5 cm³/mol. The molecule has 0 amide bonds. The SMILES string of the molecule is COc1ccc(CNc2ccc(N3CCOCC3)c(C)c2)cc1. The Hall–Kier alpha value is -2.20. The molecule has 0 aromatic heterocycles. The van der Waals surface area contributed by atoms with Gasteiger partial charge in [-0.15, -0.1) is 0 Å². The van der Waals surface area contributed by atoms with Crippen molar-refractivity contribution in [1.29, 1.82) is 0 Å². The summed E-state index contributed by atoms with van der Waals surface area (Å²) in [5, 5.41) is 3.49. The number of hydrogen-bond donors (Lipinski definition) is 1. The molecule has 1 fully saturated rings. The van der Waals surface area contributed by atoms with Crippen LogP contribution < -0.4 is 15.0 Å². The summed E-state index contributed by atoms with van der Waals surface area (Å²) in [7, 11) is 1.69. The van der Waals surface area contributed by atoms with Crippen LogP contribution in [0, 0.1) is 6.92 Å². The molecule has 4 heteroatoms. The zero-order valence-corrected chi connectivity index (χ0v) is 13.8. The van der Waals surface area contributed by atoms with E-state index in [9.17, 15) is 0 Å². The van der Waals surface area contributed by atoms with Crippen LogP contribution in [0.4, 0.5) is 11.4 Å². The third kappa shape index (κ3) is 3.96. The third-order valence-electron chi connectivity index (χ3n) is 4.20. The van der Waals surface area contributed by atoms with E-state index in [0.29, 0.717) is 0 Å². The van der Waals surface area contributed by atoms with Crippen LogP contribution >= 0.6 is 0 Å². The van der Waals surface area contributed by atoms with Gasteiger partial charge in [0.25, 0.3) is 0 Å². The van der Waals surface area contributed by atoms with E-state index in [-0.39, 0.29) is 0 Å². The average molecular weight is 312 g/mol. The fourth-order valence-electron chi connectivity index (χ4n) is 2.87. The molecule has 122 valence electrons. The maximum Gasteiger partial charge on any atom is 0.118 e. The van der Waals surface area contributed by atoms with E-state index in [2.05, 4.69) is 47.5 Å². The molecule has 23 heavy (non-hydrogen) atoms. The van der Waals surface area contributed by atoms with E-state index in [1.807, 2.05) is 12.1 Å². The molecule has 1 heterocycles. The van der Waals surface area contributed by atoms with E-state index in [4.69, 9.17) is 9.47 Å². The lowest BCUT2D eigenvalue weighted by molar-refractivity contribution is 0.122. The topological polar surface area (TPSA) is 33.7 Å². The standard InChI is InChI=1S/C19H24N2O2/c1-15-13-17(5-8-19(15)21-9-11-23-12-10-21)20-14-16-3-6-18(22-2)7-4-16/h3-8,13,20H,9-12,14H2,1-2H3. The Bertz CT molecular complexity index is 634. The minimum Gasteiger partial charge on any atom is -0.497 e. The smallest absolute Gasteiger partial charge is 0.118 e. The van der Waals surface area contributed by atoms with Crippen LogP contribution in [0.25, 0.3) is 0 Å². The van der Waals surface area contributed by atoms with E-state index in [1.165, 1.54) is 16.8 Å². The van der Waals surface area contributed by atoms with Gasteiger partial charge < -0.3 is 19.7 Å². The monoisotopic (exact) mass is 312 g/mol. The van der Waals surface area contributed by atoms with Gasteiger partial charge in [-0.2, -0.15) is 0 Å².